The molecule has 2 rings (SSSR count). The Labute approximate surface area is 149 Å². The van der Waals surface area contributed by atoms with Crippen molar-refractivity contribution in [3.8, 4) is 0 Å². The summed E-state index contributed by atoms with van der Waals surface area (Å²) < 4.78 is 0. The molecule has 2 aromatic heterocycles. The van der Waals surface area contributed by atoms with E-state index in [1.807, 2.05) is 0 Å². The second kappa shape index (κ2) is 8.61. The van der Waals surface area contributed by atoms with Crippen molar-refractivity contribution < 1.29 is 56.7 Å². The number of imidazole rings is 2. The van der Waals surface area contributed by atoms with Crippen molar-refractivity contribution in [2.24, 2.45) is 0 Å². The molecule has 2 heterocycles. The molecule has 12 nitrogen and oxygen atoms in total. The van der Waals surface area contributed by atoms with Gasteiger partial charge in [-0.15, -0.1) is 0 Å². The average Bonchev–Trinajstić information content (AvgIpc) is 3.03. The van der Waals surface area contributed by atoms with E-state index < -0.39 is 46.7 Å². The molecule has 137 valence electrons. The van der Waals surface area contributed by atoms with E-state index in [1.165, 1.54) is 13.8 Å². The van der Waals surface area contributed by atoms with Gasteiger partial charge < -0.3 is 40.0 Å². The summed E-state index contributed by atoms with van der Waals surface area (Å²) in [6, 6.07) is 0. The Bertz CT molecular complexity index is 694. The number of carbonyl (C=O) groups excluding carboxylic acids is 2. The van der Waals surface area contributed by atoms with Crippen LogP contribution in [0.5, 0.6) is 0 Å². The predicted molar refractivity (Wildman–Crippen MR) is 69.2 cm³/mol. The number of aromatic carboxylic acids is 4. The molecule has 25 heavy (non-hydrogen) atoms. The molecule has 0 aliphatic heterocycles. The van der Waals surface area contributed by atoms with Crippen LogP contribution in [-0.4, -0.2) is 54.0 Å². The summed E-state index contributed by atoms with van der Waals surface area (Å²) in [7, 11) is 0. The van der Waals surface area contributed by atoms with Crippen molar-refractivity contribution >= 4 is 23.9 Å². The molecule has 0 atom stereocenters. The number of aromatic amines is 2. The largest absolute Gasteiger partial charge is 2.00 e. The van der Waals surface area contributed by atoms with E-state index in [4.69, 9.17) is 10.2 Å². The molecule has 0 bridgehead atoms. The van der Waals surface area contributed by atoms with Gasteiger partial charge in [0.05, 0.1) is 11.9 Å². The van der Waals surface area contributed by atoms with Crippen molar-refractivity contribution in [2.45, 2.75) is 13.8 Å². The standard InChI is InChI=1S/2C6H6N2O4.Cu/c2*1-2-7-3(5(9)10)4(8-2)6(11)12;/h2*1H3,(H,7,8)(H,9,10)(H,11,12);/q;;+2/p-2. The van der Waals surface area contributed by atoms with Crippen molar-refractivity contribution in [2.75, 3.05) is 0 Å². The summed E-state index contributed by atoms with van der Waals surface area (Å²) in [4.78, 5) is 52.8. The van der Waals surface area contributed by atoms with E-state index >= 15 is 0 Å². The van der Waals surface area contributed by atoms with Gasteiger partial charge in [0.15, 0.2) is 11.4 Å². The van der Waals surface area contributed by atoms with Crippen molar-refractivity contribution in [1.82, 2.24) is 19.9 Å². The van der Waals surface area contributed by atoms with Crippen molar-refractivity contribution in [3.63, 3.8) is 0 Å². The van der Waals surface area contributed by atoms with Gasteiger partial charge in [0, 0.05) is 0 Å². The molecule has 0 spiro atoms. The van der Waals surface area contributed by atoms with Crippen LogP contribution in [-0.2, 0) is 17.1 Å². The molecule has 0 unspecified atom stereocenters. The first kappa shape index (κ1) is 21.8. The maximum Gasteiger partial charge on any atom is 2.00 e. The van der Waals surface area contributed by atoms with Gasteiger partial charge in [0.2, 0.25) is 0 Å². The number of carboxylic acids is 4. The molecule has 0 aliphatic carbocycles. The van der Waals surface area contributed by atoms with Crippen molar-refractivity contribution in [3.05, 3.63) is 34.4 Å². The normalized spacial score (nSPS) is 9.36. The molecule has 0 saturated heterocycles. The van der Waals surface area contributed by atoms with Crippen LogP contribution in [0.2, 0.25) is 0 Å². The summed E-state index contributed by atoms with van der Waals surface area (Å²) in [6.45, 7) is 2.91. The third kappa shape index (κ3) is 5.44. The maximum absolute atomic E-state index is 10.4. The zero-order valence-electron chi connectivity index (χ0n) is 12.5. The number of aryl methyl sites for hydroxylation is 2. The van der Waals surface area contributed by atoms with E-state index in [9.17, 15) is 29.4 Å². The summed E-state index contributed by atoms with van der Waals surface area (Å²) in [6.07, 6.45) is 0. The predicted octanol–water partition coefficient (Wildman–Crippen LogP) is -2.44. The van der Waals surface area contributed by atoms with Gasteiger partial charge >= 0.3 is 29.0 Å². The Kier molecular flexibility index (Phi) is 7.51. The van der Waals surface area contributed by atoms with Crippen LogP contribution in [0.15, 0.2) is 0 Å². The van der Waals surface area contributed by atoms with Crippen LogP contribution in [0, 0.1) is 13.8 Å². The van der Waals surface area contributed by atoms with E-state index in [-0.39, 0.29) is 28.7 Å². The number of nitrogens with zero attached hydrogens (tertiary/aromatic N) is 2. The third-order valence-electron chi connectivity index (χ3n) is 2.46. The molecule has 0 aromatic carbocycles. The molecule has 0 amide bonds. The number of nitrogens with one attached hydrogen (secondary N) is 2. The molecule has 0 aliphatic rings. The topological polar surface area (TPSA) is 212 Å². The zero-order valence-corrected chi connectivity index (χ0v) is 13.5. The van der Waals surface area contributed by atoms with Crippen LogP contribution in [0.4, 0.5) is 0 Å². The zero-order chi connectivity index (χ0) is 18.6. The minimum Gasteiger partial charge on any atom is -0.543 e. The fourth-order valence-corrected chi connectivity index (χ4v) is 1.59. The average molecular weight is 402 g/mol. The SMILES string of the molecule is Cc1nc(C(=O)[O-])c(C(=O)O)[nH]1.Cc1nc(C(=O)[O-])c(C(=O)O)[nH]1.[Cu+2]. The molecule has 4 N–H and O–H groups in total. The molecular formula is C12H10CuN4O8. The first-order valence-electron chi connectivity index (χ1n) is 6.07. The second-order valence-electron chi connectivity index (χ2n) is 4.28. The van der Waals surface area contributed by atoms with Gasteiger partial charge in [-0.2, -0.15) is 0 Å². The number of hydrogen-bond acceptors (Lipinski definition) is 8. The van der Waals surface area contributed by atoms with E-state index in [0.717, 1.165) is 0 Å². The summed E-state index contributed by atoms with van der Waals surface area (Å²) in [5.74, 6) is -5.48. The molecule has 13 heteroatoms. The third-order valence-corrected chi connectivity index (χ3v) is 2.46. The minimum atomic E-state index is -1.60. The van der Waals surface area contributed by atoms with Gasteiger partial charge in [0.25, 0.3) is 0 Å². The second-order valence-corrected chi connectivity index (χ2v) is 4.28. The maximum atomic E-state index is 10.4. The number of hydrogen-bond donors (Lipinski definition) is 4. The summed E-state index contributed by atoms with van der Waals surface area (Å²) in [5, 5.41) is 37.5. The number of aromatic nitrogens is 4. The number of carboxylic acid groups (broad SMARTS) is 4. The van der Waals surface area contributed by atoms with Crippen LogP contribution < -0.4 is 10.2 Å². The van der Waals surface area contributed by atoms with Crippen LogP contribution in [0.3, 0.4) is 0 Å². The summed E-state index contributed by atoms with van der Waals surface area (Å²) >= 11 is 0. The number of carbonyl (C=O) groups is 4. The van der Waals surface area contributed by atoms with Gasteiger partial charge in [-0.05, 0) is 13.8 Å². The number of H-pyrrole nitrogens is 2. The first-order valence-corrected chi connectivity index (χ1v) is 6.07. The van der Waals surface area contributed by atoms with Gasteiger partial charge in [-0.1, -0.05) is 0 Å². The molecule has 0 fully saturated rings. The molecule has 0 saturated carbocycles. The van der Waals surface area contributed by atoms with Crippen LogP contribution >= 0.6 is 0 Å². The number of rotatable bonds is 4. The van der Waals surface area contributed by atoms with E-state index in [1.54, 1.807) is 0 Å². The minimum absolute atomic E-state index is 0. The van der Waals surface area contributed by atoms with Gasteiger partial charge in [0.1, 0.15) is 23.0 Å². The van der Waals surface area contributed by atoms with Crippen LogP contribution in [0.1, 0.15) is 53.6 Å². The molecular weight excluding hydrogens is 392 g/mol. The fourth-order valence-electron chi connectivity index (χ4n) is 1.59. The van der Waals surface area contributed by atoms with Gasteiger partial charge in [-0.3, -0.25) is 0 Å². The fraction of sp³-hybridized carbons (Fsp3) is 0.167. The van der Waals surface area contributed by atoms with Gasteiger partial charge in [-0.25, -0.2) is 19.6 Å². The monoisotopic (exact) mass is 401 g/mol. The quantitative estimate of drug-likeness (QED) is 0.397. The van der Waals surface area contributed by atoms with Crippen LogP contribution in [0.25, 0.3) is 0 Å². The Morgan fingerprint density at radius 2 is 1.08 bits per heavy atom. The Hall–Kier alpha value is -3.18. The summed E-state index contributed by atoms with van der Waals surface area (Å²) in [5.41, 5.74) is -2.04. The Morgan fingerprint density at radius 1 is 0.800 bits per heavy atom. The molecule has 2 aromatic rings. The van der Waals surface area contributed by atoms with Crippen molar-refractivity contribution in [1.29, 1.82) is 0 Å². The van der Waals surface area contributed by atoms with E-state index in [2.05, 4.69) is 19.9 Å². The first-order chi connectivity index (χ1) is 11.0. The Balaban J connectivity index is 0.000000443. The van der Waals surface area contributed by atoms with E-state index in [0.29, 0.717) is 0 Å². The molecule has 1 radical (unpaired) electrons. The smallest absolute Gasteiger partial charge is 0.543 e. The Morgan fingerprint density at radius 3 is 1.24 bits per heavy atom.